The van der Waals surface area contributed by atoms with Gasteiger partial charge in [0.2, 0.25) is 5.91 Å². The Morgan fingerprint density at radius 2 is 1.61 bits per heavy atom. The van der Waals surface area contributed by atoms with Gasteiger partial charge in [0.05, 0.1) is 11.1 Å². The second-order valence-electron chi connectivity index (χ2n) is 5.75. The van der Waals surface area contributed by atoms with Gasteiger partial charge in [0.1, 0.15) is 6.54 Å². The van der Waals surface area contributed by atoms with E-state index in [9.17, 15) is 19.2 Å². The van der Waals surface area contributed by atoms with Crippen LogP contribution in [0.4, 0.5) is 4.79 Å². The quantitative estimate of drug-likeness (QED) is 0.815. The summed E-state index contributed by atoms with van der Waals surface area (Å²) in [7, 11) is 0. The fourth-order valence-electron chi connectivity index (χ4n) is 2.98. The highest BCUT2D eigenvalue weighted by Crippen LogP contribution is 2.22. The number of fused-ring (bicyclic) bond motifs is 1. The van der Waals surface area contributed by atoms with E-state index in [2.05, 4.69) is 10.6 Å². The number of imide groups is 2. The Labute approximate surface area is 133 Å². The molecule has 2 aliphatic rings. The summed E-state index contributed by atoms with van der Waals surface area (Å²) in [5, 5.41) is 4.88. The van der Waals surface area contributed by atoms with E-state index in [0.717, 1.165) is 30.6 Å². The average molecular weight is 315 g/mol. The molecular formula is C16H17N3O4. The summed E-state index contributed by atoms with van der Waals surface area (Å²) in [5.74, 6) is -1.72. The lowest BCUT2D eigenvalue weighted by Crippen LogP contribution is -2.48. The highest BCUT2D eigenvalue weighted by Gasteiger charge is 2.36. The predicted molar refractivity (Wildman–Crippen MR) is 80.7 cm³/mol. The third-order valence-corrected chi connectivity index (χ3v) is 4.12. The molecule has 1 aliphatic heterocycles. The van der Waals surface area contributed by atoms with Crippen molar-refractivity contribution in [2.75, 3.05) is 6.54 Å². The molecule has 120 valence electrons. The number of benzene rings is 1. The standard InChI is InChI=1S/C16H17N3O4/c20-13(18-16(23)17-10-5-1-2-6-10)9-19-14(21)11-7-3-4-8-12(11)15(19)22/h3-4,7-8,10H,1-2,5-6,9H2,(H2,17,18,20,23). The van der Waals surface area contributed by atoms with Crippen molar-refractivity contribution < 1.29 is 19.2 Å². The Morgan fingerprint density at radius 3 is 2.17 bits per heavy atom. The van der Waals surface area contributed by atoms with Crippen molar-refractivity contribution >= 4 is 23.8 Å². The van der Waals surface area contributed by atoms with E-state index >= 15 is 0 Å². The third kappa shape index (κ3) is 3.08. The van der Waals surface area contributed by atoms with Crippen LogP contribution >= 0.6 is 0 Å². The summed E-state index contributed by atoms with van der Waals surface area (Å²) in [6.45, 7) is -0.468. The average Bonchev–Trinajstić information content (AvgIpc) is 3.11. The molecule has 3 rings (SSSR count). The van der Waals surface area contributed by atoms with Crippen molar-refractivity contribution in [1.29, 1.82) is 0 Å². The first-order chi connectivity index (χ1) is 11.1. The highest BCUT2D eigenvalue weighted by atomic mass is 16.2. The van der Waals surface area contributed by atoms with E-state index in [1.807, 2.05) is 0 Å². The van der Waals surface area contributed by atoms with Crippen molar-refractivity contribution in [2.24, 2.45) is 0 Å². The number of nitrogens with zero attached hydrogens (tertiary/aromatic N) is 1. The largest absolute Gasteiger partial charge is 0.335 e. The Morgan fingerprint density at radius 1 is 1.04 bits per heavy atom. The van der Waals surface area contributed by atoms with Crippen LogP contribution in [-0.2, 0) is 4.79 Å². The molecule has 23 heavy (non-hydrogen) atoms. The van der Waals surface area contributed by atoms with Gasteiger partial charge in [-0.05, 0) is 25.0 Å². The van der Waals surface area contributed by atoms with Gasteiger partial charge in [0.15, 0.2) is 0 Å². The summed E-state index contributed by atoms with van der Waals surface area (Å²) in [5.41, 5.74) is 0.557. The van der Waals surface area contributed by atoms with Crippen LogP contribution in [0.25, 0.3) is 0 Å². The number of nitrogens with one attached hydrogen (secondary N) is 2. The molecule has 1 aromatic carbocycles. The molecule has 1 fully saturated rings. The van der Waals surface area contributed by atoms with Gasteiger partial charge in [0, 0.05) is 6.04 Å². The van der Waals surface area contributed by atoms with Crippen LogP contribution in [0.15, 0.2) is 24.3 Å². The maximum Gasteiger partial charge on any atom is 0.321 e. The number of rotatable bonds is 3. The zero-order valence-corrected chi connectivity index (χ0v) is 12.5. The van der Waals surface area contributed by atoms with Crippen LogP contribution in [0.1, 0.15) is 46.4 Å². The fourth-order valence-corrected chi connectivity index (χ4v) is 2.98. The van der Waals surface area contributed by atoms with Crippen molar-refractivity contribution in [3.05, 3.63) is 35.4 Å². The van der Waals surface area contributed by atoms with Crippen LogP contribution in [0, 0.1) is 0 Å². The molecule has 1 saturated carbocycles. The van der Waals surface area contributed by atoms with Crippen LogP contribution in [-0.4, -0.2) is 41.2 Å². The molecule has 0 saturated heterocycles. The lowest BCUT2D eigenvalue weighted by molar-refractivity contribution is -0.120. The van der Waals surface area contributed by atoms with E-state index in [-0.39, 0.29) is 17.2 Å². The molecule has 2 N–H and O–H groups in total. The second-order valence-corrected chi connectivity index (χ2v) is 5.75. The van der Waals surface area contributed by atoms with Crippen molar-refractivity contribution in [3.8, 4) is 0 Å². The number of carbonyl (C=O) groups is 4. The number of hydrogen-bond acceptors (Lipinski definition) is 4. The second kappa shape index (κ2) is 6.20. The minimum Gasteiger partial charge on any atom is -0.335 e. The summed E-state index contributed by atoms with van der Waals surface area (Å²) < 4.78 is 0. The third-order valence-electron chi connectivity index (χ3n) is 4.12. The molecule has 0 aromatic heterocycles. The zero-order valence-electron chi connectivity index (χ0n) is 12.5. The number of hydrogen-bond donors (Lipinski definition) is 2. The normalized spacial score (nSPS) is 17.3. The van der Waals surface area contributed by atoms with Crippen molar-refractivity contribution in [2.45, 2.75) is 31.7 Å². The summed E-state index contributed by atoms with van der Waals surface area (Å²) >= 11 is 0. The summed E-state index contributed by atoms with van der Waals surface area (Å²) in [6.07, 6.45) is 3.93. The van der Waals surface area contributed by atoms with Crippen molar-refractivity contribution in [3.63, 3.8) is 0 Å². The Kier molecular flexibility index (Phi) is 4.10. The molecule has 1 aliphatic carbocycles. The molecule has 1 aromatic rings. The van der Waals surface area contributed by atoms with E-state index in [0.29, 0.717) is 0 Å². The van der Waals surface area contributed by atoms with Gasteiger partial charge in [-0.25, -0.2) is 4.79 Å². The summed E-state index contributed by atoms with van der Waals surface area (Å²) in [4.78, 5) is 48.8. The molecule has 0 atom stereocenters. The van der Waals surface area contributed by atoms with Gasteiger partial charge < -0.3 is 5.32 Å². The van der Waals surface area contributed by atoms with Crippen LogP contribution < -0.4 is 10.6 Å². The molecule has 0 bridgehead atoms. The first kappa shape index (κ1) is 15.2. The molecule has 0 spiro atoms. The smallest absolute Gasteiger partial charge is 0.321 e. The van der Waals surface area contributed by atoms with Gasteiger partial charge in [0.25, 0.3) is 11.8 Å². The lowest BCUT2D eigenvalue weighted by atomic mass is 10.1. The number of amides is 5. The Balaban J connectivity index is 1.57. The van der Waals surface area contributed by atoms with Gasteiger partial charge in [-0.15, -0.1) is 0 Å². The van der Waals surface area contributed by atoms with Gasteiger partial charge in [-0.3, -0.25) is 24.6 Å². The van der Waals surface area contributed by atoms with Crippen LogP contribution in [0.3, 0.4) is 0 Å². The van der Waals surface area contributed by atoms with Crippen molar-refractivity contribution in [1.82, 2.24) is 15.5 Å². The Hall–Kier alpha value is -2.70. The Bertz CT molecular complexity index is 645. The van der Waals surface area contributed by atoms with Crippen LogP contribution in [0.2, 0.25) is 0 Å². The minimum atomic E-state index is -0.685. The molecule has 7 heteroatoms. The highest BCUT2D eigenvalue weighted by molar-refractivity contribution is 6.22. The first-order valence-electron chi connectivity index (χ1n) is 7.62. The van der Waals surface area contributed by atoms with Gasteiger partial charge >= 0.3 is 6.03 Å². The molecular weight excluding hydrogens is 298 g/mol. The maximum atomic E-state index is 12.1. The molecule has 1 heterocycles. The van der Waals surface area contributed by atoms with Gasteiger partial charge in [-0.2, -0.15) is 0 Å². The zero-order chi connectivity index (χ0) is 16.4. The summed E-state index contributed by atoms with van der Waals surface area (Å²) in [6, 6.07) is 5.90. The number of urea groups is 1. The fraction of sp³-hybridized carbons (Fsp3) is 0.375. The molecule has 5 amide bonds. The van der Waals surface area contributed by atoms with E-state index < -0.39 is 30.3 Å². The lowest BCUT2D eigenvalue weighted by Gasteiger charge is -2.15. The minimum absolute atomic E-state index is 0.0853. The first-order valence-corrected chi connectivity index (χ1v) is 7.62. The van der Waals surface area contributed by atoms with E-state index in [1.54, 1.807) is 24.3 Å². The molecule has 0 unspecified atom stereocenters. The SMILES string of the molecule is O=C(CN1C(=O)c2ccccc2C1=O)NC(=O)NC1CCCC1. The van der Waals surface area contributed by atoms with E-state index in [4.69, 9.17) is 0 Å². The van der Waals surface area contributed by atoms with Crippen LogP contribution in [0.5, 0.6) is 0 Å². The molecule has 0 radical (unpaired) electrons. The maximum absolute atomic E-state index is 12.1. The van der Waals surface area contributed by atoms with E-state index in [1.165, 1.54) is 0 Å². The van der Waals surface area contributed by atoms with Gasteiger partial charge in [-0.1, -0.05) is 25.0 Å². The predicted octanol–water partition coefficient (Wildman–Crippen LogP) is 1.05. The number of carbonyl (C=O) groups excluding carboxylic acids is 4. The monoisotopic (exact) mass is 315 g/mol. The topological polar surface area (TPSA) is 95.6 Å². The molecule has 7 nitrogen and oxygen atoms in total.